The fraction of sp³-hybridized carbons (Fsp3) is 0.250. The number of rotatable bonds is 5. The van der Waals surface area contributed by atoms with Crippen molar-refractivity contribution in [1.29, 1.82) is 0 Å². The van der Waals surface area contributed by atoms with Crippen molar-refractivity contribution in [3.8, 4) is 0 Å². The van der Waals surface area contributed by atoms with Gasteiger partial charge in [-0.2, -0.15) is 0 Å². The molecule has 0 aliphatic rings. The molecular formula is C12H11I3N2O5. The summed E-state index contributed by atoms with van der Waals surface area (Å²) in [6.07, 6.45) is 0. The zero-order chi connectivity index (χ0) is 20.6. The Labute approximate surface area is 172 Å². The average molecular weight is 648 g/mol. The summed E-state index contributed by atoms with van der Waals surface area (Å²) >= 11 is 5.01. The summed E-state index contributed by atoms with van der Waals surface area (Å²) in [5, 5.41) is 22.8. The van der Waals surface area contributed by atoms with Crippen LogP contribution in [0.15, 0.2) is 0 Å². The molecule has 0 aromatic heterocycles. The largest absolute Gasteiger partial charge is 0.478 e. The molecule has 0 aliphatic carbocycles. The van der Waals surface area contributed by atoms with E-state index >= 15 is 0 Å². The summed E-state index contributed by atoms with van der Waals surface area (Å²) < 4.78 is 29.3. The van der Waals surface area contributed by atoms with Gasteiger partial charge >= 0.3 is 5.97 Å². The molecule has 2 amide bonds. The van der Waals surface area contributed by atoms with Crippen molar-refractivity contribution in [3.05, 3.63) is 21.8 Å². The molecule has 0 saturated carbocycles. The number of amides is 2. The summed E-state index contributed by atoms with van der Waals surface area (Å²) in [7, 11) is 0. The first-order chi connectivity index (χ1) is 11.6. The number of carboxylic acids is 1. The Kier molecular flexibility index (Phi) is 5.52. The van der Waals surface area contributed by atoms with Crippen LogP contribution in [-0.4, -0.2) is 41.1 Å². The Balaban J connectivity index is 3.65. The third kappa shape index (κ3) is 4.41. The summed E-state index contributed by atoms with van der Waals surface area (Å²) in [6.45, 7) is -5.32. The van der Waals surface area contributed by atoms with Crippen molar-refractivity contribution in [2.45, 2.75) is 6.92 Å². The molecule has 4 N–H and O–H groups in total. The topological polar surface area (TPSA) is 116 Å². The number of carbonyl (C=O) groups excluding carboxylic acids is 2. The van der Waals surface area contributed by atoms with Gasteiger partial charge in [0, 0.05) is 17.0 Å². The van der Waals surface area contributed by atoms with Crippen molar-refractivity contribution in [3.63, 3.8) is 0 Å². The number of hydrogen-bond acceptors (Lipinski definition) is 4. The van der Waals surface area contributed by atoms with Crippen molar-refractivity contribution in [2.24, 2.45) is 0 Å². The van der Waals surface area contributed by atoms with E-state index in [0.29, 0.717) is 0 Å². The number of carbonyl (C=O) groups is 3. The summed E-state index contributed by atoms with van der Waals surface area (Å²) in [6, 6.07) is 0. The van der Waals surface area contributed by atoms with Crippen molar-refractivity contribution in [1.82, 2.24) is 5.32 Å². The van der Waals surface area contributed by atoms with Gasteiger partial charge in [0.25, 0.3) is 5.91 Å². The van der Waals surface area contributed by atoms with Gasteiger partial charge in [0.1, 0.15) is 0 Å². The maximum Gasteiger partial charge on any atom is 0.337 e. The van der Waals surface area contributed by atoms with Crippen LogP contribution in [0.25, 0.3) is 0 Å². The molecule has 0 spiro atoms. The van der Waals surface area contributed by atoms with Gasteiger partial charge < -0.3 is 20.8 Å². The van der Waals surface area contributed by atoms with Gasteiger partial charge in [-0.05, 0) is 67.8 Å². The van der Waals surface area contributed by atoms with Crippen LogP contribution in [0.5, 0.6) is 0 Å². The van der Waals surface area contributed by atoms with E-state index in [-0.39, 0.29) is 27.5 Å². The number of aromatic carboxylic acids is 1. The number of halogens is 3. The highest BCUT2D eigenvalue weighted by Crippen LogP contribution is 2.35. The molecule has 22 heavy (non-hydrogen) atoms. The van der Waals surface area contributed by atoms with Crippen LogP contribution in [0.4, 0.5) is 5.69 Å². The molecule has 0 saturated heterocycles. The van der Waals surface area contributed by atoms with Gasteiger partial charge in [-0.25, -0.2) is 4.79 Å². The summed E-state index contributed by atoms with van der Waals surface area (Å²) in [5.74, 6) is -3.02. The van der Waals surface area contributed by atoms with Crippen LogP contribution in [0.2, 0.25) is 0 Å². The average Bonchev–Trinajstić information content (AvgIpc) is 2.40. The predicted octanol–water partition coefficient (Wildman–Crippen LogP) is 1.88. The molecule has 120 valence electrons. The fourth-order valence-corrected chi connectivity index (χ4v) is 5.87. The van der Waals surface area contributed by atoms with Crippen molar-refractivity contribution >= 4 is 91.2 Å². The lowest BCUT2D eigenvalue weighted by Gasteiger charge is -2.17. The number of nitrogens with one attached hydrogen (secondary N) is 2. The minimum absolute atomic E-state index is 0.0233. The van der Waals surface area contributed by atoms with Gasteiger partial charge in [-0.15, -0.1) is 0 Å². The lowest BCUT2D eigenvalue weighted by Crippen LogP contribution is -2.29. The predicted molar refractivity (Wildman–Crippen MR) is 105 cm³/mol. The first-order valence-corrected chi connectivity index (χ1v) is 8.61. The molecule has 0 heterocycles. The Bertz CT molecular complexity index is 798. The molecule has 0 bridgehead atoms. The van der Waals surface area contributed by atoms with Crippen molar-refractivity contribution < 1.29 is 30.1 Å². The highest BCUT2D eigenvalue weighted by atomic mass is 127. The molecular weight excluding hydrogens is 633 g/mol. The molecule has 7 nitrogen and oxygen atoms in total. The molecule has 0 atom stereocenters. The van der Waals surface area contributed by atoms with Gasteiger partial charge in [0.15, 0.2) is 0 Å². The summed E-state index contributed by atoms with van der Waals surface area (Å²) in [4.78, 5) is 35.5. The lowest BCUT2D eigenvalue weighted by atomic mass is 10.1. The third-order valence-electron chi connectivity index (χ3n) is 2.29. The highest BCUT2D eigenvalue weighted by molar-refractivity contribution is 14.1. The first kappa shape index (κ1) is 14.2. The minimum Gasteiger partial charge on any atom is -0.478 e. The maximum absolute atomic E-state index is 12.5. The van der Waals surface area contributed by atoms with Crippen LogP contribution >= 0.6 is 67.8 Å². The van der Waals surface area contributed by atoms with Gasteiger partial charge in [-0.3, -0.25) is 9.59 Å². The number of anilines is 1. The van der Waals surface area contributed by atoms with Crippen molar-refractivity contribution in [2.75, 3.05) is 18.4 Å². The van der Waals surface area contributed by atoms with E-state index in [0.717, 1.165) is 0 Å². The van der Waals surface area contributed by atoms with Crippen LogP contribution in [0.1, 0.15) is 33.1 Å². The molecule has 10 heteroatoms. The Hall–Kier alpha value is -0.220. The molecule has 0 fully saturated rings. The monoisotopic (exact) mass is 648 g/mol. The summed E-state index contributed by atoms with van der Waals surface area (Å²) in [5.41, 5.74) is -0.469. The van der Waals surface area contributed by atoms with Crippen LogP contribution in [0, 0.1) is 10.7 Å². The van der Waals surface area contributed by atoms with E-state index < -0.39 is 30.8 Å². The first-order valence-electron chi connectivity index (χ1n) is 7.38. The van der Waals surface area contributed by atoms with Gasteiger partial charge in [0.2, 0.25) is 5.91 Å². The SMILES string of the molecule is [2H]C([2H])(O)C([2H])([2H])NC(=O)c1c(I)c(NC(C)=O)c(I)c(C(=O)O)c1I. The molecule has 1 rings (SSSR count). The lowest BCUT2D eigenvalue weighted by molar-refractivity contribution is -0.114. The fourth-order valence-electron chi connectivity index (χ4n) is 1.48. The smallest absolute Gasteiger partial charge is 0.337 e. The minimum atomic E-state index is -3.38. The zero-order valence-corrected chi connectivity index (χ0v) is 17.2. The van der Waals surface area contributed by atoms with Crippen LogP contribution < -0.4 is 10.6 Å². The van der Waals surface area contributed by atoms with E-state index in [2.05, 4.69) is 5.32 Å². The third-order valence-corrected chi connectivity index (χ3v) is 5.53. The second-order valence-corrected chi connectivity index (χ2v) is 6.98. The molecule has 0 aliphatic heterocycles. The maximum atomic E-state index is 12.5. The number of aliphatic hydroxyl groups is 1. The van der Waals surface area contributed by atoms with E-state index in [1.807, 2.05) is 0 Å². The van der Waals surface area contributed by atoms with Gasteiger partial charge in [-0.1, -0.05) is 0 Å². The Morgan fingerprint density at radius 3 is 2.14 bits per heavy atom. The van der Waals surface area contributed by atoms with Gasteiger partial charge in [0.05, 0.1) is 36.0 Å². The number of hydrogen-bond donors (Lipinski definition) is 4. The highest BCUT2D eigenvalue weighted by Gasteiger charge is 2.27. The normalized spacial score (nSPS) is 14.2. The quantitative estimate of drug-likeness (QED) is 0.365. The Morgan fingerprint density at radius 2 is 1.68 bits per heavy atom. The molecule has 0 radical (unpaired) electrons. The molecule has 0 unspecified atom stereocenters. The second kappa shape index (κ2) is 8.58. The van der Waals surface area contributed by atoms with E-state index in [9.17, 15) is 24.6 Å². The second-order valence-electron chi connectivity index (χ2n) is 3.74. The number of benzene rings is 1. The van der Waals surface area contributed by atoms with E-state index in [1.54, 1.807) is 73.1 Å². The van der Waals surface area contributed by atoms with E-state index in [4.69, 9.17) is 5.48 Å². The van der Waals surface area contributed by atoms with Crippen LogP contribution in [-0.2, 0) is 4.79 Å². The standard InChI is InChI=1S/C12H11I3N2O5/c1-4(19)17-10-8(14)5(11(20)16-2-3-18)7(13)6(9(10)15)12(21)22/h18H,2-3H2,1H3,(H,16,20)(H,17,19)(H,21,22)/i2D2,3D2. The van der Waals surface area contributed by atoms with E-state index in [1.165, 1.54) is 6.92 Å². The number of carboxylic acid groups (broad SMARTS) is 1. The Morgan fingerprint density at radius 1 is 1.14 bits per heavy atom. The van der Waals surface area contributed by atoms with Crippen LogP contribution in [0.3, 0.4) is 0 Å². The zero-order valence-electron chi connectivity index (χ0n) is 14.8. The molecule has 1 aromatic rings. The molecule has 1 aromatic carbocycles.